The molecule has 3 nitrogen and oxygen atoms in total. The normalized spacial score (nSPS) is 12.6. The molecule has 14 heavy (non-hydrogen) atoms. The summed E-state index contributed by atoms with van der Waals surface area (Å²) >= 11 is 3.05. The van der Waals surface area contributed by atoms with E-state index in [1.165, 1.54) is 13.2 Å². The Hall–Kier alpha value is -0.650. The van der Waals surface area contributed by atoms with Crippen LogP contribution in [0.25, 0.3) is 0 Å². The van der Waals surface area contributed by atoms with E-state index >= 15 is 0 Å². The Morgan fingerprint density at radius 1 is 1.64 bits per heavy atom. The van der Waals surface area contributed by atoms with Crippen LogP contribution in [0.15, 0.2) is 16.6 Å². The second-order valence-electron chi connectivity index (χ2n) is 2.77. The van der Waals surface area contributed by atoms with Gasteiger partial charge >= 0.3 is 0 Å². The van der Waals surface area contributed by atoms with Crippen molar-refractivity contribution in [2.45, 2.75) is 6.04 Å². The summed E-state index contributed by atoms with van der Waals surface area (Å²) in [6.45, 7) is -0.296. The van der Waals surface area contributed by atoms with Crippen LogP contribution in [0.5, 0.6) is 5.75 Å². The van der Waals surface area contributed by atoms with Crippen LogP contribution in [0.4, 0.5) is 4.39 Å². The lowest BCUT2D eigenvalue weighted by molar-refractivity contribution is 0.265. The van der Waals surface area contributed by atoms with Gasteiger partial charge in [0.25, 0.3) is 0 Å². The van der Waals surface area contributed by atoms with E-state index in [2.05, 4.69) is 15.9 Å². The molecule has 0 fully saturated rings. The van der Waals surface area contributed by atoms with Gasteiger partial charge in [-0.15, -0.1) is 0 Å². The molecule has 1 atom stereocenters. The third-order valence-electron chi connectivity index (χ3n) is 1.89. The fraction of sp³-hybridized carbons (Fsp3) is 0.333. The molecule has 0 spiro atoms. The topological polar surface area (TPSA) is 55.5 Å². The molecule has 0 saturated heterocycles. The van der Waals surface area contributed by atoms with E-state index in [0.29, 0.717) is 5.75 Å². The van der Waals surface area contributed by atoms with Gasteiger partial charge in [-0.3, -0.25) is 0 Å². The zero-order chi connectivity index (χ0) is 10.7. The number of hydrogen-bond acceptors (Lipinski definition) is 3. The van der Waals surface area contributed by atoms with E-state index in [0.717, 1.165) is 0 Å². The van der Waals surface area contributed by atoms with Gasteiger partial charge in [-0.25, -0.2) is 4.39 Å². The number of halogens is 2. The average Bonchev–Trinajstić information content (AvgIpc) is 2.21. The Labute approximate surface area is 89.8 Å². The van der Waals surface area contributed by atoms with Crippen molar-refractivity contribution in [3.8, 4) is 5.75 Å². The van der Waals surface area contributed by atoms with Gasteiger partial charge in [0.15, 0.2) is 0 Å². The fourth-order valence-electron chi connectivity index (χ4n) is 1.09. The van der Waals surface area contributed by atoms with Crippen molar-refractivity contribution in [3.63, 3.8) is 0 Å². The van der Waals surface area contributed by atoms with Crippen LogP contribution in [0.1, 0.15) is 11.6 Å². The second-order valence-corrected chi connectivity index (χ2v) is 3.57. The largest absolute Gasteiger partial charge is 0.495 e. The molecule has 1 aromatic carbocycles. The van der Waals surface area contributed by atoms with E-state index in [4.69, 9.17) is 15.6 Å². The van der Waals surface area contributed by atoms with Gasteiger partial charge in [0, 0.05) is 5.56 Å². The molecule has 0 radical (unpaired) electrons. The lowest BCUT2D eigenvalue weighted by atomic mass is 10.1. The summed E-state index contributed by atoms with van der Waals surface area (Å²) in [5.41, 5.74) is 5.77. The first-order valence-electron chi connectivity index (χ1n) is 4.00. The van der Waals surface area contributed by atoms with Crippen molar-refractivity contribution in [2.75, 3.05) is 13.7 Å². The van der Waals surface area contributed by atoms with Crippen LogP contribution in [-0.4, -0.2) is 18.8 Å². The fourth-order valence-corrected chi connectivity index (χ4v) is 1.61. The quantitative estimate of drug-likeness (QED) is 0.871. The maximum atomic E-state index is 13.6. The van der Waals surface area contributed by atoms with E-state index in [1.54, 1.807) is 6.07 Å². The second kappa shape index (κ2) is 4.72. The summed E-state index contributed by atoms with van der Waals surface area (Å²) in [5, 5.41) is 8.79. The van der Waals surface area contributed by atoms with Crippen LogP contribution >= 0.6 is 15.9 Å². The molecule has 1 aromatic rings. The monoisotopic (exact) mass is 263 g/mol. The number of aliphatic hydroxyl groups excluding tert-OH is 1. The number of rotatable bonds is 3. The molecule has 0 bridgehead atoms. The van der Waals surface area contributed by atoms with Crippen LogP contribution < -0.4 is 10.5 Å². The number of nitrogens with two attached hydrogens (primary N) is 1. The van der Waals surface area contributed by atoms with Gasteiger partial charge in [0.05, 0.1) is 24.2 Å². The van der Waals surface area contributed by atoms with Crippen molar-refractivity contribution < 1.29 is 14.2 Å². The molecule has 0 aliphatic rings. The van der Waals surface area contributed by atoms with Crippen molar-refractivity contribution in [3.05, 3.63) is 28.0 Å². The maximum Gasteiger partial charge on any atom is 0.145 e. The summed E-state index contributed by atoms with van der Waals surface area (Å²) in [6.07, 6.45) is 0. The molecule has 0 amide bonds. The molecular weight excluding hydrogens is 253 g/mol. The Bertz CT molecular complexity index is 333. The lowest BCUT2D eigenvalue weighted by Gasteiger charge is -2.12. The Morgan fingerprint density at radius 2 is 2.29 bits per heavy atom. The summed E-state index contributed by atoms with van der Waals surface area (Å²) in [6, 6.07) is 2.38. The van der Waals surface area contributed by atoms with E-state index in [9.17, 15) is 4.39 Å². The maximum absolute atomic E-state index is 13.6. The summed E-state index contributed by atoms with van der Waals surface area (Å²) in [7, 11) is 1.45. The molecule has 0 aliphatic heterocycles. The molecule has 78 valence electrons. The summed E-state index contributed by atoms with van der Waals surface area (Å²) < 4.78 is 18.7. The molecule has 0 aliphatic carbocycles. The third kappa shape index (κ3) is 2.05. The van der Waals surface area contributed by atoms with Gasteiger partial charge in [-0.1, -0.05) is 6.07 Å². The predicted molar refractivity (Wildman–Crippen MR) is 54.7 cm³/mol. The van der Waals surface area contributed by atoms with E-state index in [1.807, 2.05) is 0 Å². The highest BCUT2D eigenvalue weighted by atomic mass is 79.9. The first-order chi connectivity index (χ1) is 6.61. The van der Waals surface area contributed by atoms with Gasteiger partial charge in [0.2, 0.25) is 0 Å². The van der Waals surface area contributed by atoms with Gasteiger partial charge < -0.3 is 15.6 Å². The highest BCUT2D eigenvalue weighted by molar-refractivity contribution is 9.10. The molecule has 5 heteroatoms. The van der Waals surface area contributed by atoms with Crippen molar-refractivity contribution in [1.82, 2.24) is 0 Å². The number of aliphatic hydroxyl groups is 1. The molecule has 0 heterocycles. The standard InChI is InChI=1S/C9H11BrFNO2/c1-14-7-3-2-5(6(12)4-13)9(11)8(7)10/h2-3,6,13H,4,12H2,1H3. The highest BCUT2D eigenvalue weighted by Gasteiger charge is 2.15. The van der Waals surface area contributed by atoms with Crippen LogP contribution in [0.2, 0.25) is 0 Å². The first kappa shape index (κ1) is 11.4. The number of methoxy groups -OCH3 is 1. The van der Waals surface area contributed by atoms with Gasteiger partial charge in [-0.05, 0) is 22.0 Å². The highest BCUT2D eigenvalue weighted by Crippen LogP contribution is 2.31. The van der Waals surface area contributed by atoms with Gasteiger partial charge in [-0.2, -0.15) is 0 Å². The van der Waals surface area contributed by atoms with Crippen molar-refractivity contribution in [1.29, 1.82) is 0 Å². The van der Waals surface area contributed by atoms with Crippen LogP contribution in [-0.2, 0) is 0 Å². The summed E-state index contributed by atoms with van der Waals surface area (Å²) in [4.78, 5) is 0. The van der Waals surface area contributed by atoms with Crippen LogP contribution in [0.3, 0.4) is 0 Å². The Balaban J connectivity index is 3.17. The third-order valence-corrected chi connectivity index (χ3v) is 2.63. The number of ether oxygens (including phenoxy) is 1. The Kier molecular flexibility index (Phi) is 3.86. The molecular formula is C9H11BrFNO2. The molecule has 1 rings (SSSR count). The zero-order valence-electron chi connectivity index (χ0n) is 7.63. The lowest BCUT2D eigenvalue weighted by Crippen LogP contribution is -2.16. The molecule has 0 saturated carbocycles. The van der Waals surface area contributed by atoms with Crippen molar-refractivity contribution in [2.24, 2.45) is 5.73 Å². The minimum atomic E-state index is -0.711. The average molecular weight is 264 g/mol. The first-order valence-corrected chi connectivity index (χ1v) is 4.79. The SMILES string of the molecule is COc1ccc(C(N)CO)c(F)c1Br. The predicted octanol–water partition coefficient (Wildman–Crippen LogP) is 1.59. The number of hydrogen-bond donors (Lipinski definition) is 2. The van der Waals surface area contributed by atoms with Crippen LogP contribution in [0, 0.1) is 5.82 Å². The smallest absolute Gasteiger partial charge is 0.145 e. The molecule has 1 unspecified atom stereocenters. The van der Waals surface area contributed by atoms with Crippen molar-refractivity contribution >= 4 is 15.9 Å². The minimum absolute atomic E-state index is 0.224. The molecule has 0 aromatic heterocycles. The summed E-state index contributed by atoms with van der Waals surface area (Å²) in [5.74, 6) is -0.0951. The zero-order valence-corrected chi connectivity index (χ0v) is 9.21. The Morgan fingerprint density at radius 3 is 2.79 bits per heavy atom. The number of benzene rings is 1. The van der Waals surface area contributed by atoms with E-state index in [-0.39, 0.29) is 16.6 Å². The molecule has 3 N–H and O–H groups in total. The minimum Gasteiger partial charge on any atom is -0.495 e. The van der Waals surface area contributed by atoms with E-state index < -0.39 is 11.9 Å². The van der Waals surface area contributed by atoms with Gasteiger partial charge in [0.1, 0.15) is 11.6 Å².